The van der Waals surface area contributed by atoms with E-state index in [4.69, 9.17) is 16.7 Å². The molecule has 2 aromatic rings. The summed E-state index contributed by atoms with van der Waals surface area (Å²) in [4.78, 5) is 24.7. The molecule has 0 radical (unpaired) electrons. The predicted molar refractivity (Wildman–Crippen MR) is 87.1 cm³/mol. The van der Waals surface area contributed by atoms with Gasteiger partial charge in [-0.1, -0.05) is 30.7 Å². The summed E-state index contributed by atoms with van der Waals surface area (Å²) in [7, 11) is 1.56. The zero-order chi connectivity index (χ0) is 17.1. The molecule has 2 rings (SSSR count). The summed E-state index contributed by atoms with van der Waals surface area (Å²) in [5.41, 5.74) is 1.70. The Labute approximate surface area is 139 Å². The second-order valence-corrected chi connectivity index (χ2v) is 5.87. The molecule has 0 saturated carbocycles. The van der Waals surface area contributed by atoms with Crippen molar-refractivity contribution in [2.75, 3.05) is 13.6 Å². The number of amides is 1. The number of carbonyl (C=O) groups excluding carboxylic acids is 1. The first-order chi connectivity index (χ1) is 10.8. The number of carboxylic acid groups (broad SMARTS) is 1. The second kappa shape index (κ2) is 6.83. The first-order valence-electron chi connectivity index (χ1n) is 7.11. The summed E-state index contributed by atoms with van der Waals surface area (Å²) in [6, 6.07) is 8.88. The van der Waals surface area contributed by atoms with Gasteiger partial charge in [0.2, 0.25) is 0 Å². The molecule has 0 fully saturated rings. The fourth-order valence-electron chi connectivity index (χ4n) is 2.21. The molecule has 0 spiro atoms. The quantitative estimate of drug-likeness (QED) is 0.911. The van der Waals surface area contributed by atoms with E-state index in [-0.39, 0.29) is 18.1 Å². The zero-order valence-corrected chi connectivity index (χ0v) is 13.9. The van der Waals surface area contributed by atoms with Crippen LogP contribution >= 0.6 is 11.6 Å². The normalized spacial score (nSPS) is 12.0. The van der Waals surface area contributed by atoms with Gasteiger partial charge < -0.3 is 10.0 Å². The lowest BCUT2D eigenvalue weighted by Crippen LogP contribution is -2.34. The molecule has 7 heteroatoms. The average Bonchev–Trinajstić information content (AvgIpc) is 2.88. The number of nitrogens with zero attached hydrogens (tertiary/aromatic N) is 3. The number of carboxylic acids is 1. The fraction of sp³-hybridized carbons (Fsp3) is 0.312. The van der Waals surface area contributed by atoms with E-state index in [0.717, 1.165) is 5.69 Å². The Morgan fingerprint density at radius 2 is 2.04 bits per heavy atom. The van der Waals surface area contributed by atoms with E-state index in [1.54, 1.807) is 30.8 Å². The van der Waals surface area contributed by atoms with Gasteiger partial charge in [0.15, 0.2) is 5.69 Å². The van der Waals surface area contributed by atoms with Crippen LogP contribution < -0.4 is 0 Å². The summed E-state index contributed by atoms with van der Waals surface area (Å²) >= 11 is 6.16. The van der Waals surface area contributed by atoms with Gasteiger partial charge in [-0.15, -0.1) is 0 Å². The SMILES string of the molecule is Cc1cc(C(=O)N(C)CC(C)C(=O)O)nn1-c1ccccc1Cl. The van der Waals surface area contributed by atoms with Gasteiger partial charge in [0.1, 0.15) is 0 Å². The lowest BCUT2D eigenvalue weighted by molar-refractivity contribution is -0.141. The summed E-state index contributed by atoms with van der Waals surface area (Å²) in [6.07, 6.45) is 0. The third kappa shape index (κ3) is 3.71. The largest absolute Gasteiger partial charge is 0.481 e. The van der Waals surface area contributed by atoms with E-state index < -0.39 is 11.9 Å². The smallest absolute Gasteiger partial charge is 0.308 e. The molecule has 0 aliphatic carbocycles. The van der Waals surface area contributed by atoms with Crippen molar-refractivity contribution in [3.05, 3.63) is 46.7 Å². The molecule has 1 aromatic carbocycles. The predicted octanol–water partition coefficient (Wildman–Crippen LogP) is 2.63. The van der Waals surface area contributed by atoms with Crippen LogP contribution in [0.5, 0.6) is 0 Å². The number of para-hydroxylation sites is 1. The molecule has 0 aliphatic rings. The zero-order valence-electron chi connectivity index (χ0n) is 13.2. The monoisotopic (exact) mass is 335 g/mol. The number of benzene rings is 1. The third-order valence-electron chi connectivity index (χ3n) is 3.50. The lowest BCUT2D eigenvalue weighted by atomic mass is 10.1. The number of hydrogen-bond donors (Lipinski definition) is 1. The van der Waals surface area contributed by atoms with Crippen molar-refractivity contribution in [2.24, 2.45) is 5.92 Å². The van der Waals surface area contributed by atoms with E-state index in [1.165, 1.54) is 4.90 Å². The van der Waals surface area contributed by atoms with Gasteiger partial charge in [0.05, 0.1) is 16.6 Å². The number of aliphatic carboxylic acids is 1. The van der Waals surface area contributed by atoms with Gasteiger partial charge in [-0.2, -0.15) is 5.10 Å². The number of aryl methyl sites for hydroxylation is 1. The highest BCUT2D eigenvalue weighted by molar-refractivity contribution is 6.32. The number of rotatable bonds is 5. The highest BCUT2D eigenvalue weighted by Gasteiger charge is 2.21. The molecule has 0 saturated heterocycles. The number of carbonyl (C=O) groups is 2. The van der Waals surface area contributed by atoms with Crippen LogP contribution in [0.25, 0.3) is 5.69 Å². The Kier molecular flexibility index (Phi) is 5.05. The van der Waals surface area contributed by atoms with Gasteiger partial charge in [0.25, 0.3) is 5.91 Å². The van der Waals surface area contributed by atoms with Crippen molar-refractivity contribution < 1.29 is 14.7 Å². The molecule has 1 aromatic heterocycles. The van der Waals surface area contributed by atoms with Gasteiger partial charge in [-0.3, -0.25) is 9.59 Å². The maximum atomic E-state index is 12.4. The molecular weight excluding hydrogens is 318 g/mol. The summed E-state index contributed by atoms with van der Waals surface area (Å²) in [6.45, 7) is 3.50. The van der Waals surface area contributed by atoms with Crippen LogP contribution in [0, 0.1) is 12.8 Å². The van der Waals surface area contributed by atoms with Crippen molar-refractivity contribution in [1.29, 1.82) is 0 Å². The fourth-order valence-corrected chi connectivity index (χ4v) is 2.43. The highest BCUT2D eigenvalue weighted by atomic mass is 35.5. The average molecular weight is 336 g/mol. The molecule has 0 bridgehead atoms. The molecule has 23 heavy (non-hydrogen) atoms. The molecule has 0 aliphatic heterocycles. The highest BCUT2D eigenvalue weighted by Crippen LogP contribution is 2.21. The maximum absolute atomic E-state index is 12.4. The van der Waals surface area contributed by atoms with E-state index >= 15 is 0 Å². The molecule has 6 nitrogen and oxygen atoms in total. The molecule has 1 heterocycles. The molecule has 1 N–H and O–H groups in total. The van der Waals surface area contributed by atoms with Gasteiger partial charge in [-0.05, 0) is 25.1 Å². The molecule has 1 amide bonds. The Hall–Kier alpha value is -2.34. The maximum Gasteiger partial charge on any atom is 0.308 e. The molecule has 1 unspecified atom stereocenters. The van der Waals surface area contributed by atoms with Crippen LogP contribution in [0.3, 0.4) is 0 Å². The second-order valence-electron chi connectivity index (χ2n) is 5.46. The number of halogens is 1. The topological polar surface area (TPSA) is 75.4 Å². The van der Waals surface area contributed by atoms with Gasteiger partial charge in [0, 0.05) is 19.3 Å². The van der Waals surface area contributed by atoms with E-state index in [1.807, 2.05) is 25.1 Å². The lowest BCUT2D eigenvalue weighted by Gasteiger charge is -2.18. The van der Waals surface area contributed by atoms with E-state index in [2.05, 4.69) is 5.10 Å². The third-order valence-corrected chi connectivity index (χ3v) is 3.82. The van der Waals surface area contributed by atoms with Crippen LogP contribution in [0.2, 0.25) is 5.02 Å². The van der Waals surface area contributed by atoms with Crippen LogP contribution in [0.15, 0.2) is 30.3 Å². The molecular formula is C16H18ClN3O3. The van der Waals surface area contributed by atoms with Crippen LogP contribution in [-0.4, -0.2) is 45.3 Å². The Morgan fingerprint density at radius 1 is 1.39 bits per heavy atom. The van der Waals surface area contributed by atoms with Crippen LogP contribution in [-0.2, 0) is 4.79 Å². The van der Waals surface area contributed by atoms with Crippen molar-refractivity contribution in [2.45, 2.75) is 13.8 Å². The first-order valence-corrected chi connectivity index (χ1v) is 7.49. The standard InChI is InChI=1S/C16H18ClN3O3/c1-10(16(22)23)9-19(3)15(21)13-8-11(2)20(18-13)14-7-5-4-6-12(14)17/h4-8,10H,9H2,1-3H3,(H,22,23). The number of hydrogen-bond acceptors (Lipinski definition) is 3. The Bertz CT molecular complexity index is 742. The summed E-state index contributed by atoms with van der Waals surface area (Å²) < 4.78 is 1.60. The summed E-state index contributed by atoms with van der Waals surface area (Å²) in [5.74, 6) is -1.91. The Balaban J connectivity index is 2.25. The molecule has 122 valence electrons. The van der Waals surface area contributed by atoms with E-state index in [9.17, 15) is 9.59 Å². The minimum absolute atomic E-state index is 0.117. The van der Waals surface area contributed by atoms with Crippen molar-refractivity contribution in [1.82, 2.24) is 14.7 Å². The van der Waals surface area contributed by atoms with Gasteiger partial charge >= 0.3 is 5.97 Å². The van der Waals surface area contributed by atoms with Crippen LogP contribution in [0.1, 0.15) is 23.1 Å². The van der Waals surface area contributed by atoms with Crippen molar-refractivity contribution in [3.63, 3.8) is 0 Å². The van der Waals surface area contributed by atoms with Crippen molar-refractivity contribution >= 4 is 23.5 Å². The first kappa shape index (κ1) is 17.0. The minimum atomic E-state index is -0.942. The number of aromatic nitrogens is 2. The van der Waals surface area contributed by atoms with Gasteiger partial charge in [-0.25, -0.2) is 4.68 Å². The minimum Gasteiger partial charge on any atom is -0.481 e. The van der Waals surface area contributed by atoms with Crippen LogP contribution in [0.4, 0.5) is 0 Å². The van der Waals surface area contributed by atoms with E-state index in [0.29, 0.717) is 10.7 Å². The summed E-state index contributed by atoms with van der Waals surface area (Å²) in [5, 5.41) is 13.8. The molecule has 1 atom stereocenters. The van der Waals surface area contributed by atoms with Crippen molar-refractivity contribution in [3.8, 4) is 5.69 Å². The Morgan fingerprint density at radius 3 is 2.65 bits per heavy atom.